The molecule has 24 heavy (non-hydrogen) atoms. The fourth-order valence-electron chi connectivity index (χ4n) is 2.85. The SMILES string of the molecule is CCN1C(=O)S/C(=C/c2cc(C)n(-c3ccccc3F)c2C)C1=O. The Bertz CT molecular complexity index is 870. The second-order valence-corrected chi connectivity index (χ2v) is 6.53. The highest BCUT2D eigenvalue weighted by molar-refractivity contribution is 8.18. The van der Waals surface area contributed by atoms with Crippen LogP contribution in [-0.2, 0) is 4.79 Å². The minimum absolute atomic E-state index is 0.253. The number of aryl methyl sites for hydroxylation is 1. The zero-order chi connectivity index (χ0) is 17.4. The summed E-state index contributed by atoms with van der Waals surface area (Å²) < 4.78 is 15.9. The highest BCUT2D eigenvalue weighted by atomic mass is 32.2. The normalized spacial score (nSPS) is 16.5. The molecule has 124 valence electrons. The summed E-state index contributed by atoms with van der Waals surface area (Å²) in [5.74, 6) is -0.583. The second kappa shape index (κ2) is 6.28. The third kappa shape index (κ3) is 2.67. The smallest absolute Gasteiger partial charge is 0.293 e. The molecule has 6 heteroatoms. The second-order valence-electron chi connectivity index (χ2n) is 5.54. The molecule has 2 heterocycles. The van der Waals surface area contributed by atoms with Crippen molar-refractivity contribution in [1.29, 1.82) is 0 Å². The lowest BCUT2D eigenvalue weighted by atomic mass is 10.2. The summed E-state index contributed by atoms with van der Waals surface area (Å²) in [5.41, 5.74) is 2.95. The largest absolute Gasteiger partial charge is 0.315 e. The molecule has 3 rings (SSSR count). The van der Waals surface area contributed by atoms with Crippen LogP contribution < -0.4 is 0 Å². The third-order valence-electron chi connectivity index (χ3n) is 4.04. The van der Waals surface area contributed by atoms with Crippen molar-refractivity contribution in [2.75, 3.05) is 6.54 Å². The summed E-state index contributed by atoms with van der Waals surface area (Å²) in [6.45, 7) is 5.88. The lowest BCUT2D eigenvalue weighted by Crippen LogP contribution is -2.27. The predicted molar refractivity (Wildman–Crippen MR) is 93.6 cm³/mol. The van der Waals surface area contributed by atoms with Gasteiger partial charge in [-0.3, -0.25) is 14.5 Å². The number of thioether (sulfide) groups is 1. The maximum absolute atomic E-state index is 14.1. The van der Waals surface area contributed by atoms with E-state index in [1.165, 1.54) is 11.0 Å². The minimum atomic E-state index is -0.308. The van der Waals surface area contributed by atoms with Crippen LogP contribution in [0.5, 0.6) is 0 Å². The number of carbonyl (C=O) groups is 2. The van der Waals surface area contributed by atoms with Gasteiger partial charge >= 0.3 is 0 Å². The number of likely N-dealkylation sites (N-methyl/N-ethyl adjacent to an activating group) is 1. The molecular formula is C18H17FN2O2S. The Kier molecular flexibility index (Phi) is 4.32. The summed E-state index contributed by atoms with van der Waals surface area (Å²) in [5, 5.41) is -0.253. The molecule has 2 aromatic rings. The summed E-state index contributed by atoms with van der Waals surface area (Å²) in [7, 11) is 0. The van der Waals surface area contributed by atoms with Gasteiger partial charge in [-0.25, -0.2) is 4.39 Å². The monoisotopic (exact) mass is 344 g/mol. The molecule has 1 fully saturated rings. The van der Waals surface area contributed by atoms with Crippen LogP contribution in [0.15, 0.2) is 35.2 Å². The molecule has 1 saturated heterocycles. The molecular weight excluding hydrogens is 327 g/mol. The quantitative estimate of drug-likeness (QED) is 0.780. The van der Waals surface area contributed by atoms with E-state index in [4.69, 9.17) is 0 Å². The average Bonchev–Trinajstić information content (AvgIpc) is 2.97. The maximum atomic E-state index is 14.1. The lowest BCUT2D eigenvalue weighted by Gasteiger charge is -2.10. The molecule has 1 aromatic carbocycles. The summed E-state index contributed by atoms with van der Waals surface area (Å²) in [6, 6.07) is 8.45. The Morgan fingerprint density at radius 3 is 2.54 bits per heavy atom. The van der Waals surface area contributed by atoms with Gasteiger partial charge in [-0.05, 0) is 62.4 Å². The van der Waals surface area contributed by atoms with E-state index >= 15 is 0 Å². The Morgan fingerprint density at radius 1 is 1.21 bits per heavy atom. The molecule has 1 aromatic heterocycles. The van der Waals surface area contributed by atoms with Crippen molar-refractivity contribution in [1.82, 2.24) is 9.47 Å². The fraction of sp³-hybridized carbons (Fsp3) is 0.222. The average molecular weight is 344 g/mol. The molecule has 4 nitrogen and oxygen atoms in total. The van der Waals surface area contributed by atoms with E-state index in [1.807, 2.05) is 24.5 Å². The Morgan fingerprint density at radius 2 is 1.92 bits per heavy atom. The van der Waals surface area contributed by atoms with Gasteiger partial charge in [0.2, 0.25) is 0 Å². The Labute approximate surface area is 144 Å². The number of nitrogens with zero attached hydrogens (tertiary/aromatic N) is 2. The first kappa shape index (κ1) is 16.5. The first-order valence-electron chi connectivity index (χ1n) is 7.63. The Hall–Kier alpha value is -2.34. The van der Waals surface area contributed by atoms with E-state index in [-0.39, 0.29) is 17.0 Å². The number of aromatic nitrogens is 1. The van der Waals surface area contributed by atoms with Crippen LogP contribution in [0.3, 0.4) is 0 Å². The van der Waals surface area contributed by atoms with Gasteiger partial charge in [0.15, 0.2) is 0 Å². The van der Waals surface area contributed by atoms with Gasteiger partial charge in [0.25, 0.3) is 11.1 Å². The summed E-state index contributed by atoms with van der Waals surface area (Å²) >= 11 is 0.939. The van der Waals surface area contributed by atoms with Crippen molar-refractivity contribution in [2.45, 2.75) is 20.8 Å². The number of halogens is 1. The van der Waals surface area contributed by atoms with Gasteiger partial charge in [0, 0.05) is 17.9 Å². The fourth-order valence-corrected chi connectivity index (χ4v) is 3.75. The highest BCUT2D eigenvalue weighted by Gasteiger charge is 2.33. The van der Waals surface area contributed by atoms with Gasteiger partial charge < -0.3 is 4.57 Å². The van der Waals surface area contributed by atoms with Crippen molar-refractivity contribution < 1.29 is 14.0 Å². The molecule has 1 aliphatic rings. The number of rotatable bonds is 3. The standard InChI is InChI=1S/C18H17FN2O2S/c1-4-20-17(22)16(24-18(20)23)10-13-9-11(2)21(12(13)3)15-8-6-5-7-14(15)19/h5-10H,4H2,1-3H3/b16-10+. The van der Waals surface area contributed by atoms with Gasteiger partial charge in [-0.15, -0.1) is 0 Å². The predicted octanol–water partition coefficient (Wildman–Crippen LogP) is 4.29. The topological polar surface area (TPSA) is 42.3 Å². The van der Waals surface area contributed by atoms with E-state index in [9.17, 15) is 14.0 Å². The number of carbonyl (C=O) groups excluding carboxylic acids is 2. The van der Waals surface area contributed by atoms with E-state index in [2.05, 4.69) is 0 Å². The van der Waals surface area contributed by atoms with Crippen LogP contribution in [-0.4, -0.2) is 27.2 Å². The molecule has 0 saturated carbocycles. The first-order valence-corrected chi connectivity index (χ1v) is 8.45. The van der Waals surface area contributed by atoms with Crippen LogP contribution in [0.1, 0.15) is 23.9 Å². The molecule has 0 bridgehead atoms. The van der Waals surface area contributed by atoms with Gasteiger partial charge in [-0.1, -0.05) is 12.1 Å². The van der Waals surface area contributed by atoms with Crippen molar-refractivity contribution in [3.05, 3.63) is 58.0 Å². The van der Waals surface area contributed by atoms with E-state index in [0.29, 0.717) is 17.1 Å². The van der Waals surface area contributed by atoms with E-state index < -0.39 is 0 Å². The highest BCUT2D eigenvalue weighted by Crippen LogP contribution is 2.33. The van der Waals surface area contributed by atoms with Crippen LogP contribution in [0, 0.1) is 19.7 Å². The molecule has 0 aliphatic carbocycles. The zero-order valence-electron chi connectivity index (χ0n) is 13.7. The molecule has 0 atom stereocenters. The molecule has 0 N–H and O–H groups in total. The molecule has 1 aliphatic heterocycles. The summed E-state index contributed by atoms with van der Waals surface area (Å²) in [4.78, 5) is 25.7. The van der Waals surface area contributed by atoms with Crippen molar-refractivity contribution in [2.24, 2.45) is 0 Å². The van der Waals surface area contributed by atoms with Crippen LogP contribution in [0.25, 0.3) is 11.8 Å². The van der Waals surface area contributed by atoms with Crippen molar-refractivity contribution in [3.8, 4) is 5.69 Å². The first-order chi connectivity index (χ1) is 11.4. The number of imide groups is 1. The molecule has 0 radical (unpaired) electrons. The summed E-state index contributed by atoms with van der Waals surface area (Å²) in [6.07, 6.45) is 1.71. The third-order valence-corrected chi connectivity index (χ3v) is 4.95. The number of para-hydroxylation sites is 1. The van der Waals surface area contributed by atoms with Crippen LogP contribution >= 0.6 is 11.8 Å². The van der Waals surface area contributed by atoms with Crippen LogP contribution in [0.4, 0.5) is 9.18 Å². The number of benzene rings is 1. The number of amides is 2. The van der Waals surface area contributed by atoms with Gasteiger partial charge in [0.05, 0.1) is 10.6 Å². The van der Waals surface area contributed by atoms with Crippen molar-refractivity contribution >= 4 is 29.0 Å². The Balaban J connectivity index is 2.05. The molecule has 0 spiro atoms. The molecule has 2 amide bonds. The number of hydrogen-bond donors (Lipinski definition) is 0. The van der Waals surface area contributed by atoms with E-state index in [0.717, 1.165) is 28.7 Å². The van der Waals surface area contributed by atoms with Gasteiger partial charge in [0.1, 0.15) is 5.82 Å². The van der Waals surface area contributed by atoms with Crippen LogP contribution in [0.2, 0.25) is 0 Å². The van der Waals surface area contributed by atoms with E-state index in [1.54, 1.807) is 31.2 Å². The van der Waals surface area contributed by atoms with Gasteiger partial charge in [-0.2, -0.15) is 0 Å². The van der Waals surface area contributed by atoms with Crippen molar-refractivity contribution in [3.63, 3.8) is 0 Å². The lowest BCUT2D eigenvalue weighted by molar-refractivity contribution is -0.122. The zero-order valence-corrected chi connectivity index (χ0v) is 14.5. The maximum Gasteiger partial charge on any atom is 0.293 e. The minimum Gasteiger partial charge on any atom is -0.315 e. The number of hydrogen-bond acceptors (Lipinski definition) is 3. The molecule has 0 unspecified atom stereocenters.